The van der Waals surface area contributed by atoms with Crippen LogP contribution in [0.2, 0.25) is 0 Å². The number of carbonyl (C=O) groups is 2. The highest BCUT2D eigenvalue weighted by Gasteiger charge is 2.55. The van der Waals surface area contributed by atoms with Gasteiger partial charge in [0.15, 0.2) is 9.84 Å². The Kier molecular flexibility index (Phi) is 5.20. The first-order chi connectivity index (χ1) is 12.6. The van der Waals surface area contributed by atoms with Gasteiger partial charge in [0.2, 0.25) is 0 Å². The van der Waals surface area contributed by atoms with Crippen molar-refractivity contribution in [3.63, 3.8) is 0 Å². The number of fused-ring (bicyclic) bond motifs is 1. The van der Waals surface area contributed by atoms with Gasteiger partial charge in [0.1, 0.15) is 18.2 Å². The summed E-state index contributed by atoms with van der Waals surface area (Å²) in [6, 6.07) is 8.30. The van der Waals surface area contributed by atoms with Crippen LogP contribution >= 0.6 is 0 Å². The number of hydrogen-bond donors (Lipinski definition) is 0. The summed E-state index contributed by atoms with van der Waals surface area (Å²) in [6.07, 6.45) is -0.624. The van der Waals surface area contributed by atoms with Crippen molar-refractivity contribution in [2.75, 3.05) is 18.1 Å². The summed E-state index contributed by atoms with van der Waals surface area (Å²) in [7, 11) is -3.21. The summed E-state index contributed by atoms with van der Waals surface area (Å²) >= 11 is 0. The zero-order valence-electron chi connectivity index (χ0n) is 15.8. The van der Waals surface area contributed by atoms with Gasteiger partial charge in [-0.1, -0.05) is 30.3 Å². The second-order valence-corrected chi connectivity index (χ2v) is 10.3. The van der Waals surface area contributed by atoms with E-state index in [4.69, 9.17) is 9.47 Å². The molecule has 148 valence electrons. The first kappa shape index (κ1) is 19.7. The molecule has 1 aromatic rings. The van der Waals surface area contributed by atoms with Crippen LogP contribution in [-0.2, 0) is 30.7 Å². The van der Waals surface area contributed by atoms with E-state index in [0.717, 1.165) is 5.56 Å². The molecule has 0 saturated carbocycles. The van der Waals surface area contributed by atoms with E-state index in [-0.39, 0.29) is 30.6 Å². The molecule has 0 radical (unpaired) electrons. The Balaban J connectivity index is 1.76. The third-order valence-corrected chi connectivity index (χ3v) is 6.61. The highest BCUT2D eigenvalue weighted by molar-refractivity contribution is 7.91. The lowest BCUT2D eigenvalue weighted by Gasteiger charge is -2.29. The van der Waals surface area contributed by atoms with Gasteiger partial charge in [-0.15, -0.1) is 0 Å². The van der Waals surface area contributed by atoms with Crippen LogP contribution in [0.1, 0.15) is 26.3 Å². The number of sulfone groups is 1. The first-order valence-corrected chi connectivity index (χ1v) is 10.8. The molecule has 0 unspecified atom stereocenters. The van der Waals surface area contributed by atoms with Gasteiger partial charge in [-0.25, -0.2) is 18.0 Å². The molecule has 0 aromatic heterocycles. The van der Waals surface area contributed by atoms with Gasteiger partial charge in [0, 0.05) is 12.5 Å². The first-order valence-electron chi connectivity index (χ1n) is 8.96. The molecule has 1 aromatic carbocycles. The van der Waals surface area contributed by atoms with Crippen molar-refractivity contribution in [3.8, 4) is 0 Å². The second-order valence-electron chi connectivity index (χ2n) is 8.17. The third-order valence-electron chi connectivity index (χ3n) is 4.78. The highest BCUT2D eigenvalue weighted by atomic mass is 32.2. The van der Waals surface area contributed by atoms with E-state index in [9.17, 15) is 18.0 Å². The van der Waals surface area contributed by atoms with Gasteiger partial charge in [-0.3, -0.25) is 4.90 Å². The summed E-state index contributed by atoms with van der Waals surface area (Å²) in [5, 5.41) is 0. The van der Waals surface area contributed by atoms with Crippen molar-refractivity contribution in [1.29, 1.82) is 0 Å². The van der Waals surface area contributed by atoms with Crippen LogP contribution in [0, 0.1) is 11.8 Å². The molecule has 3 atom stereocenters. The monoisotopic (exact) mass is 395 g/mol. The van der Waals surface area contributed by atoms with E-state index in [1.807, 2.05) is 30.3 Å². The van der Waals surface area contributed by atoms with Crippen LogP contribution in [0.25, 0.3) is 0 Å². The van der Waals surface area contributed by atoms with Crippen molar-refractivity contribution in [3.05, 3.63) is 35.9 Å². The van der Waals surface area contributed by atoms with Crippen molar-refractivity contribution in [2.45, 2.75) is 39.0 Å². The lowest BCUT2D eigenvalue weighted by Crippen LogP contribution is -2.47. The number of hydrogen-bond acceptors (Lipinski definition) is 6. The van der Waals surface area contributed by atoms with E-state index in [0.29, 0.717) is 0 Å². The average molecular weight is 395 g/mol. The lowest BCUT2D eigenvalue weighted by atomic mass is 9.94. The van der Waals surface area contributed by atoms with Crippen molar-refractivity contribution in [2.24, 2.45) is 11.8 Å². The Morgan fingerprint density at radius 2 is 1.81 bits per heavy atom. The molecule has 2 heterocycles. The molecule has 2 fully saturated rings. The number of rotatable bonds is 3. The predicted octanol–water partition coefficient (Wildman–Crippen LogP) is 2.01. The lowest BCUT2D eigenvalue weighted by molar-refractivity contribution is -0.161. The summed E-state index contributed by atoms with van der Waals surface area (Å²) in [5.74, 6) is -1.42. The van der Waals surface area contributed by atoms with Crippen LogP contribution in [-0.4, -0.2) is 55.1 Å². The fourth-order valence-corrected chi connectivity index (χ4v) is 5.92. The molecule has 0 bridgehead atoms. The van der Waals surface area contributed by atoms with Gasteiger partial charge in [-0.05, 0) is 32.3 Å². The third kappa shape index (κ3) is 4.61. The van der Waals surface area contributed by atoms with E-state index >= 15 is 0 Å². The largest absolute Gasteiger partial charge is 0.458 e. The summed E-state index contributed by atoms with van der Waals surface area (Å²) < 4.78 is 34.8. The number of carbonyl (C=O) groups excluding carboxylic acids is 2. The van der Waals surface area contributed by atoms with Gasteiger partial charge >= 0.3 is 12.1 Å². The topological polar surface area (TPSA) is 90.0 Å². The standard InChI is InChI=1S/C19H25NO6S/c1-19(2,3)26-17(21)16-15-12-27(23,24)11-14(15)9-20(16)18(22)25-10-13-7-5-4-6-8-13/h4-8,14-16H,9-12H2,1-3H3/t14-,15+,16+/m1/s1. The second kappa shape index (κ2) is 7.14. The molecule has 0 N–H and O–H groups in total. The van der Waals surface area contributed by atoms with Crippen molar-refractivity contribution in [1.82, 2.24) is 4.90 Å². The molecule has 1 amide bonds. The van der Waals surface area contributed by atoms with Gasteiger partial charge in [0.05, 0.1) is 11.5 Å². The maximum absolute atomic E-state index is 12.7. The molecule has 7 nitrogen and oxygen atoms in total. The summed E-state index contributed by atoms with van der Waals surface area (Å²) in [6.45, 7) is 5.48. The normalized spacial score (nSPS) is 26.5. The van der Waals surface area contributed by atoms with E-state index in [1.54, 1.807) is 20.8 Å². The minimum atomic E-state index is -3.21. The van der Waals surface area contributed by atoms with Crippen LogP contribution in [0.4, 0.5) is 4.79 Å². The predicted molar refractivity (Wildman–Crippen MR) is 98.6 cm³/mol. The smallest absolute Gasteiger partial charge is 0.410 e. The minimum Gasteiger partial charge on any atom is -0.458 e. The fourth-order valence-electron chi connectivity index (χ4n) is 3.74. The Morgan fingerprint density at radius 3 is 2.44 bits per heavy atom. The zero-order chi connectivity index (χ0) is 19.8. The Labute approximate surface area is 159 Å². The van der Waals surface area contributed by atoms with Crippen LogP contribution < -0.4 is 0 Å². The quantitative estimate of drug-likeness (QED) is 0.728. The molecule has 8 heteroatoms. The van der Waals surface area contributed by atoms with Gasteiger partial charge < -0.3 is 9.47 Å². The van der Waals surface area contributed by atoms with Crippen molar-refractivity contribution >= 4 is 21.9 Å². The molecule has 3 rings (SSSR count). The molecule has 2 saturated heterocycles. The maximum atomic E-state index is 12.7. The van der Waals surface area contributed by atoms with E-state index < -0.39 is 39.5 Å². The molecule has 27 heavy (non-hydrogen) atoms. The number of nitrogens with zero attached hydrogens (tertiary/aromatic N) is 1. The maximum Gasteiger partial charge on any atom is 0.410 e. The van der Waals surface area contributed by atoms with Gasteiger partial charge in [-0.2, -0.15) is 0 Å². The Morgan fingerprint density at radius 1 is 1.15 bits per heavy atom. The van der Waals surface area contributed by atoms with Gasteiger partial charge in [0.25, 0.3) is 0 Å². The van der Waals surface area contributed by atoms with Crippen LogP contribution in [0.5, 0.6) is 0 Å². The zero-order valence-corrected chi connectivity index (χ0v) is 16.6. The van der Waals surface area contributed by atoms with Crippen LogP contribution in [0.15, 0.2) is 30.3 Å². The Hall–Kier alpha value is -2.09. The average Bonchev–Trinajstić information content (AvgIpc) is 3.03. The summed E-state index contributed by atoms with van der Waals surface area (Å²) in [4.78, 5) is 26.7. The molecule has 2 aliphatic rings. The highest BCUT2D eigenvalue weighted by Crippen LogP contribution is 2.39. The molecular formula is C19H25NO6S. The number of benzene rings is 1. The Bertz CT molecular complexity index is 814. The minimum absolute atomic E-state index is 0.0145. The summed E-state index contributed by atoms with van der Waals surface area (Å²) in [5.41, 5.74) is 0.105. The van der Waals surface area contributed by atoms with E-state index in [2.05, 4.69) is 0 Å². The fraction of sp³-hybridized carbons (Fsp3) is 0.579. The van der Waals surface area contributed by atoms with E-state index in [1.165, 1.54) is 4.90 Å². The molecule has 0 spiro atoms. The van der Waals surface area contributed by atoms with Crippen LogP contribution in [0.3, 0.4) is 0 Å². The number of likely N-dealkylation sites (tertiary alicyclic amines) is 1. The van der Waals surface area contributed by atoms with Crippen molar-refractivity contribution < 1.29 is 27.5 Å². The number of esters is 1. The molecule has 0 aliphatic carbocycles. The SMILES string of the molecule is CC(C)(C)OC(=O)[C@@H]1[C@H]2CS(=O)(=O)C[C@H]2CN1C(=O)OCc1ccccc1. The molecule has 2 aliphatic heterocycles. The number of amides is 1. The molecular weight excluding hydrogens is 370 g/mol. The number of ether oxygens (including phenoxy) is 2.